The molecule has 0 spiro atoms. The maximum absolute atomic E-state index is 11.4. The second kappa shape index (κ2) is 4.15. The molecule has 0 amide bonds. The summed E-state index contributed by atoms with van der Waals surface area (Å²) in [6.07, 6.45) is 1.33. The van der Waals surface area contributed by atoms with Crippen LogP contribution in [0.1, 0.15) is 4.88 Å². The lowest BCUT2D eigenvalue weighted by molar-refractivity contribution is 0.732. The van der Waals surface area contributed by atoms with Gasteiger partial charge in [-0.25, -0.2) is 4.79 Å². The molecular weight excluding hydrogens is 250 g/mol. The van der Waals surface area contributed by atoms with E-state index in [2.05, 4.69) is 4.98 Å². The normalized spacial score (nSPS) is 10.6. The summed E-state index contributed by atoms with van der Waals surface area (Å²) in [4.78, 5) is 25.5. The Morgan fingerprint density at radius 1 is 1.44 bits per heavy atom. The Labute approximate surface area is 99.1 Å². The fourth-order valence-electron chi connectivity index (χ4n) is 1.25. The van der Waals surface area contributed by atoms with Crippen molar-refractivity contribution >= 4 is 28.6 Å². The Morgan fingerprint density at radius 2 is 2.19 bits per heavy atom. The Morgan fingerprint density at radius 3 is 2.81 bits per heavy atom. The van der Waals surface area contributed by atoms with Crippen LogP contribution in [-0.4, -0.2) is 9.55 Å². The third-order valence-corrected chi connectivity index (χ3v) is 3.21. The lowest BCUT2D eigenvalue weighted by atomic mass is 10.4. The van der Waals surface area contributed by atoms with Crippen LogP contribution in [0.15, 0.2) is 27.9 Å². The van der Waals surface area contributed by atoms with Gasteiger partial charge in [-0.3, -0.25) is 14.3 Å². The maximum atomic E-state index is 11.4. The number of thiophene rings is 1. The van der Waals surface area contributed by atoms with Crippen molar-refractivity contribution in [2.45, 2.75) is 6.54 Å². The second-order valence-corrected chi connectivity index (χ2v) is 4.98. The number of aromatic nitrogens is 2. The fourth-order valence-corrected chi connectivity index (χ4v) is 2.33. The predicted octanol–water partition coefficient (Wildman–Crippen LogP) is 0.882. The van der Waals surface area contributed by atoms with Crippen molar-refractivity contribution in [2.24, 2.45) is 0 Å². The number of rotatable bonds is 2. The van der Waals surface area contributed by atoms with Crippen LogP contribution in [0, 0.1) is 0 Å². The molecule has 0 fully saturated rings. The number of nitrogens with one attached hydrogen (secondary N) is 1. The molecule has 0 aliphatic carbocycles. The van der Waals surface area contributed by atoms with Gasteiger partial charge in [0, 0.05) is 11.1 Å². The molecule has 2 heterocycles. The Bertz CT molecular complexity index is 628. The highest BCUT2D eigenvalue weighted by molar-refractivity contribution is 7.16. The summed E-state index contributed by atoms with van der Waals surface area (Å²) < 4.78 is 1.99. The van der Waals surface area contributed by atoms with E-state index in [4.69, 9.17) is 17.3 Å². The minimum absolute atomic E-state index is 0.0160. The van der Waals surface area contributed by atoms with E-state index in [-0.39, 0.29) is 5.69 Å². The molecule has 0 aliphatic heterocycles. The van der Waals surface area contributed by atoms with Crippen molar-refractivity contribution in [3.8, 4) is 0 Å². The summed E-state index contributed by atoms with van der Waals surface area (Å²) in [5, 5.41) is 0. The fraction of sp³-hybridized carbons (Fsp3) is 0.111. The number of anilines is 1. The summed E-state index contributed by atoms with van der Waals surface area (Å²) >= 11 is 7.15. The first-order chi connectivity index (χ1) is 7.56. The molecule has 84 valence electrons. The van der Waals surface area contributed by atoms with E-state index in [0.29, 0.717) is 10.9 Å². The summed E-state index contributed by atoms with van der Waals surface area (Å²) in [6.45, 7) is 0.344. The van der Waals surface area contributed by atoms with Crippen LogP contribution in [-0.2, 0) is 6.54 Å². The average molecular weight is 258 g/mol. The Kier molecular flexibility index (Phi) is 2.84. The zero-order valence-electron chi connectivity index (χ0n) is 8.07. The van der Waals surface area contributed by atoms with Crippen molar-refractivity contribution in [3.05, 3.63) is 48.4 Å². The quantitative estimate of drug-likeness (QED) is 0.838. The van der Waals surface area contributed by atoms with Crippen LogP contribution >= 0.6 is 22.9 Å². The summed E-state index contributed by atoms with van der Waals surface area (Å²) in [7, 11) is 0. The van der Waals surface area contributed by atoms with E-state index < -0.39 is 11.2 Å². The number of aromatic amines is 1. The molecule has 7 heteroatoms. The summed E-state index contributed by atoms with van der Waals surface area (Å²) in [5.41, 5.74) is 4.39. The van der Waals surface area contributed by atoms with Crippen molar-refractivity contribution in [1.82, 2.24) is 9.55 Å². The molecule has 5 nitrogen and oxygen atoms in total. The molecule has 0 saturated carbocycles. The van der Waals surface area contributed by atoms with Crippen LogP contribution in [0.2, 0.25) is 4.34 Å². The molecule has 2 aromatic heterocycles. The minimum atomic E-state index is -0.564. The molecule has 0 atom stereocenters. The van der Waals surface area contributed by atoms with E-state index in [1.54, 1.807) is 6.07 Å². The molecule has 0 bridgehead atoms. The molecule has 3 N–H and O–H groups in total. The first kappa shape index (κ1) is 11.0. The number of halogens is 1. The first-order valence-electron chi connectivity index (χ1n) is 4.40. The smallest absolute Gasteiger partial charge is 0.328 e. The molecule has 16 heavy (non-hydrogen) atoms. The first-order valence-corrected chi connectivity index (χ1v) is 5.59. The van der Waals surface area contributed by atoms with Gasteiger partial charge < -0.3 is 5.73 Å². The highest BCUT2D eigenvalue weighted by Gasteiger charge is 2.04. The Balaban J connectivity index is 2.39. The standard InChI is InChI=1S/C9H8ClN3O2S/c10-7-2-1-5(16-7)3-13-4-6(11)8(14)12-9(13)15/h1-2,4H,3,11H2,(H,12,14,15). The molecule has 0 aliphatic rings. The van der Waals surface area contributed by atoms with E-state index in [9.17, 15) is 9.59 Å². The predicted molar refractivity (Wildman–Crippen MR) is 64.2 cm³/mol. The van der Waals surface area contributed by atoms with Crippen molar-refractivity contribution < 1.29 is 0 Å². The van der Waals surface area contributed by atoms with E-state index in [0.717, 1.165) is 4.88 Å². The topological polar surface area (TPSA) is 80.9 Å². The zero-order chi connectivity index (χ0) is 11.7. The third kappa shape index (κ3) is 2.17. The van der Waals surface area contributed by atoms with E-state index in [1.165, 1.54) is 22.1 Å². The number of H-pyrrole nitrogens is 1. The van der Waals surface area contributed by atoms with Crippen LogP contribution in [0.25, 0.3) is 0 Å². The molecular formula is C9H8ClN3O2S. The van der Waals surface area contributed by atoms with Crippen molar-refractivity contribution in [2.75, 3.05) is 5.73 Å². The van der Waals surface area contributed by atoms with Gasteiger partial charge in [-0.1, -0.05) is 11.6 Å². The van der Waals surface area contributed by atoms with Crippen LogP contribution in [0.5, 0.6) is 0 Å². The third-order valence-electron chi connectivity index (χ3n) is 1.99. The highest BCUT2D eigenvalue weighted by atomic mass is 35.5. The van der Waals surface area contributed by atoms with Gasteiger partial charge >= 0.3 is 5.69 Å². The largest absolute Gasteiger partial charge is 0.393 e. The van der Waals surface area contributed by atoms with Gasteiger partial charge in [0.1, 0.15) is 5.69 Å². The average Bonchev–Trinajstić information content (AvgIpc) is 2.60. The van der Waals surface area contributed by atoms with Gasteiger partial charge in [0.05, 0.1) is 10.9 Å². The van der Waals surface area contributed by atoms with Gasteiger partial charge in [-0.2, -0.15) is 0 Å². The molecule has 0 saturated heterocycles. The van der Waals surface area contributed by atoms with Gasteiger partial charge in [-0.15, -0.1) is 11.3 Å². The molecule has 2 aromatic rings. The molecule has 0 radical (unpaired) electrons. The Hall–Kier alpha value is -1.53. The molecule has 0 unspecified atom stereocenters. The van der Waals surface area contributed by atoms with Crippen molar-refractivity contribution in [1.29, 1.82) is 0 Å². The van der Waals surface area contributed by atoms with Crippen LogP contribution in [0.3, 0.4) is 0 Å². The zero-order valence-corrected chi connectivity index (χ0v) is 9.64. The molecule has 0 aromatic carbocycles. The summed E-state index contributed by atoms with van der Waals surface area (Å²) in [6, 6.07) is 3.57. The lowest BCUT2D eigenvalue weighted by Crippen LogP contribution is -2.31. The van der Waals surface area contributed by atoms with Gasteiger partial charge in [0.25, 0.3) is 5.56 Å². The van der Waals surface area contributed by atoms with Gasteiger partial charge in [-0.05, 0) is 12.1 Å². The lowest BCUT2D eigenvalue weighted by Gasteiger charge is -2.03. The van der Waals surface area contributed by atoms with Crippen LogP contribution in [0.4, 0.5) is 5.69 Å². The summed E-state index contributed by atoms with van der Waals surface area (Å²) in [5.74, 6) is 0. The minimum Gasteiger partial charge on any atom is -0.393 e. The molecule has 2 rings (SSSR count). The number of nitrogens with two attached hydrogens (primary N) is 1. The highest BCUT2D eigenvalue weighted by Crippen LogP contribution is 2.21. The van der Waals surface area contributed by atoms with E-state index in [1.807, 2.05) is 6.07 Å². The van der Waals surface area contributed by atoms with Crippen LogP contribution < -0.4 is 17.0 Å². The maximum Gasteiger partial charge on any atom is 0.328 e. The number of nitrogen functional groups attached to an aromatic ring is 1. The SMILES string of the molecule is Nc1cn(Cc2ccc(Cl)s2)c(=O)[nH]c1=O. The monoisotopic (exact) mass is 257 g/mol. The van der Waals surface area contributed by atoms with Crippen molar-refractivity contribution in [3.63, 3.8) is 0 Å². The van der Waals surface area contributed by atoms with Gasteiger partial charge in [0.2, 0.25) is 0 Å². The number of hydrogen-bond donors (Lipinski definition) is 2. The second-order valence-electron chi connectivity index (χ2n) is 3.18. The van der Waals surface area contributed by atoms with Gasteiger partial charge in [0.15, 0.2) is 0 Å². The number of nitrogens with zero attached hydrogens (tertiary/aromatic N) is 1. The number of hydrogen-bond acceptors (Lipinski definition) is 4. The van der Waals surface area contributed by atoms with E-state index >= 15 is 0 Å².